The van der Waals surface area contributed by atoms with Crippen molar-refractivity contribution >= 4 is 110 Å². The van der Waals surface area contributed by atoms with E-state index in [4.69, 9.17) is 101 Å². The standard InChI is InChI=1S/C79H82N8O16P6/c1-7-20-68-56-74(32-26-62(68)14-1)98-106-82-104(94-52-48-90-44-40-88-42-46-92-50-54-96-106,84-108(86-106,100-76-34-28-64-16-3-9-22-70(64)58-76)101-77-35-29-65-17-4-10-23-71(65)59-77)80-38-13-39-81-105-83-107(99-75-33-27-63-15-2-8-21-69(63)57-75,97-55-51-93-47-43-89-41-45-91-49-53-95-105)87-109(85-105,102-78-36-30-66-18-5-11-24-72(66)60-78)103-79-37-31-67-19-6-12-25-73(67)61-79/h1-12,14-37,56-61,80-81H,13,38-55H2. The van der Waals surface area contributed by atoms with Crippen LogP contribution in [0.3, 0.4) is 0 Å². The molecule has 0 amide bonds. The van der Waals surface area contributed by atoms with Crippen molar-refractivity contribution in [2.45, 2.75) is 6.42 Å². The minimum absolute atomic E-state index is 0.0107. The quantitative estimate of drug-likeness (QED) is 0.0599. The molecule has 4 heterocycles. The van der Waals surface area contributed by atoms with Gasteiger partial charge >= 0.3 is 30.6 Å². The fraction of sp³-hybridized carbons (Fsp3) is 0.241. The molecule has 0 aromatic heterocycles. The fourth-order valence-electron chi connectivity index (χ4n) is 12.4. The first-order valence-electron chi connectivity index (χ1n) is 36.1. The van der Waals surface area contributed by atoms with E-state index in [1.54, 1.807) is 0 Å². The Bertz CT molecular complexity index is 5110. The molecular weight excluding hydrogens is 1500 g/mol. The molecule has 30 heteroatoms. The lowest BCUT2D eigenvalue weighted by Crippen LogP contribution is -2.23. The summed E-state index contributed by atoms with van der Waals surface area (Å²) in [5.74, 6) is 2.50. The van der Waals surface area contributed by atoms with Crippen LogP contribution in [0.2, 0.25) is 0 Å². The Kier molecular flexibility index (Phi) is 24.1. The van der Waals surface area contributed by atoms with E-state index in [2.05, 4.69) is 10.2 Å². The largest absolute Gasteiger partial charge is 0.457 e. The first kappa shape index (κ1) is 75.0. The van der Waals surface area contributed by atoms with Crippen molar-refractivity contribution in [2.24, 2.45) is 27.1 Å². The van der Waals surface area contributed by atoms with Gasteiger partial charge < -0.3 is 64.6 Å². The molecule has 12 aromatic carbocycles. The van der Waals surface area contributed by atoms with Crippen molar-refractivity contribution in [3.05, 3.63) is 255 Å². The number of fused-ring (bicyclic) bond motifs is 8. The second-order valence-corrected chi connectivity index (χ2v) is 38.5. The van der Waals surface area contributed by atoms with Crippen LogP contribution in [-0.4, -0.2) is 119 Å². The van der Waals surface area contributed by atoms with Gasteiger partial charge in [0.25, 0.3) is 15.2 Å². The Morgan fingerprint density at radius 1 is 0.229 bits per heavy atom. The van der Waals surface area contributed by atoms with Gasteiger partial charge in [-0.3, -0.25) is 9.05 Å². The summed E-state index contributed by atoms with van der Waals surface area (Å²) in [5.41, 5.74) is 0. The fourth-order valence-corrected chi connectivity index (χ4v) is 31.7. The third kappa shape index (κ3) is 19.1. The van der Waals surface area contributed by atoms with Crippen molar-refractivity contribution in [1.82, 2.24) is 10.2 Å². The van der Waals surface area contributed by atoms with E-state index in [0.717, 1.165) is 64.6 Å². The van der Waals surface area contributed by atoms with Crippen LogP contribution in [0, 0.1) is 0 Å². The Morgan fingerprint density at radius 2 is 0.450 bits per heavy atom. The maximum Gasteiger partial charge on any atom is 0.457 e. The van der Waals surface area contributed by atoms with Gasteiger partial charge in [0.2, 0.25) is 0 Å². The molecule has 4 aliphatic heterocycles. The molecule has 0 radical (unpaired) electrons. The Labute approximate surface area is 632 Å². The summed E-state index contributed by atoms with van der Waals surface area (Å²) >= 11 is 0. The number of nitrogens with zero attached hydrogens (tertiary/aromatic N) is 6. The number of rotatable bonds is 18. The van der Waals surface area contributed by atoms with E-state index in [1.807, 2.05) is 255 Å². The minimum atomic E-state index is -4.23. The molecule has 564 valence electrons. The number of hydrogen-bond acceptors (Lipinski definition) is 24. The van der Waals surface area contributed by atoms with Gasteiger partial charge in [-0.25, -0.2) is 10.2 Å². The predicted octanol–water partition coefficient (Wildman–Crippen LogP) is 21.8. The molecular formula is C79H82N8O16P6. The summed E-state index contributed by atoms with van der Waals surface area (Å²) in [6.45, 7) is 3.19. The summed E-state index contributed by atoms with van der Waals surface area (Å²) in [5, 5.41) is 19.0. The van der Waals surface area contributed by atoms with Gasteiger partial charge in [-0.05, 0) is 144 Å². The Morgan fingerprint density at radius 3 is 0.706 bits per heavy atom. The maximum atomic E-state index is 7.39. The van der Waals surface area contributed by atoms with Crippen molar-refractivity contribution in [3.63, 3.8) is 0 Å². The summed E-state index contributed by atoms with van der Waals surface area (Å²) in [4.78, 5) is 0. The molecule has 0 aliphatic carbocycles. The lowest BCUT2D eigenvalue weighted by atomic mass is 10.1. The van der Waals surface area contributed by atoms with E-state index < -0.39 is 45.8 Å². The van der Waals surface area contributed by atoms with Crippen LogP contribution in [0.25, 0.3) is 64.6 Å². The van der Waals surface area contributed by atoms with Crippen molar-refractivity contribution in [2.75, 3.05) is 119 Å². The maximum absolute atomic E-state index is 7.39. The first-order valence-corrected chi connectivity index (χ1v) is 45.5. The van der Waals surface area contributed by atoms with Gasteiger partial charge in [-0.1, -0.05) is 182 Å². The van der Waals surface area contributed by atoms with E-state index in [1.165, 1.54) is 0 Å². The number of nitrogens with one attached hydrogen (secondary N) is 2. The van der Waals surface area contributed by atoms with Crippen LogP contribution in [0.4, 0.5) is 0 Å². The Hall–Kier alpha value is -8.10. The van der Waals surface area contributed by atoms with Gasteiger partial charge in [0, 0.05) is 13.1 Å². The van der Waals surface area contributed by atoms with Crippen LogP contribution >= 0.6 is 45.8 Å². The summed E-state index contributed by atoms with van der Waals surface area (Å²) < 4.78 is 143. The van der Waals surface area contributed by atoms with Crippen LogP contribution < -0.4 is 37.3 Å². The van der Waals surface area contributed by atoms with Crippen molar-refractivity contribution in [3.8, 4) is 34.5 Å². The zero-order chi connectivity index (χ0) is 73.5. The molecule has 4 unspecified atom stereocenters. The number of hydrogen-bond donors (Lipinski definition) is 2. The van der Waals surface area contributed by atoms with Crippen LogP contribution in [0.15, 0.2) is 282 Å². The normalized spacial score (nSPS) is 22.5. The van der Waals surface area contributed by atoms with Gasteiger partial charge in [0.1, 0.15) is 34.5 Å². The molecule has 4 bridgehead atoms. The third-order valence-corrected chi connectivity index (χ3v) is 34.7. The topological polar surface area (TPSA) is 246 Å². The highest BCUT2D eigenvalue weighted by Gasteiger charge is 2.48. The SMILES string of the molecule is c1ccc2cc(OP34=NP(NCCCNP56=NP(Oc7ccc8ccccc8c7)(Oc7ccc8ccccc8c7)=NP(Oc7ccc8ccccc8c7)(=N5)OCCOCCOCCOCCO6)(=NP(Oc5ccc6ccccc6c5)(Oc5ccc6ccccc6c5)=N3)OCCOCCOCCOCCO4)ccc2c1. The van der Waals surface area contributed by atoms with Crippen LogP contribution in [0.1, 0.15) is 6.42 Å². The van der Waals surface area contributed by atoms with Gasteiger partial charge in [0.05, 0.1) is 106 Å². The van der Waals surface area contributed by atoms with Gasteiger partial charge in [-0.15, -0.1) is 27.1 Å². The summed E-state index contributed by atoms with van der Waals surface area (Å²) in [7, 11) is -24.7. The number of benzene rings is 12. The minimum Gasteiger partial charge on any atom is -0.422 e. The monoisotopic (exact) mass is 1580 g/mol. The third-order valence-electron chi connectivity index (χ3n) is 17.5. The molecule has 0 fully saturated rings. The average Bonchev–Trinajstić information content (AvgIpc) is 0.739. The molecule has 4 aliphatic rings. The highest BCUT2D eigenvalue weighted by atomic mass is 31.3. The molecule has 4 atom stereocenters. The van der Waals surface area contributed by atoms with E-state index in [-0.39, 0.29) is 79.2 Å². The predicted molar refractivity (Wildman–Crippen MR) is 433 cm³/mol. The zero-order valence-electron chi connectivity index (χ0n) is 59.6. The first-order chi connectivity index (χ1) is 53.6. The second-order valence-electron chi connectivity index (χ2n) is 25.4. The molecule has 2 N–H and O–H groups in total. The molecule has 109 heavy (non-hydrogen) atoms. The highest BCUT2D eigenvalue weighted by Crippen LogP contribution is 2.80. The van der Waals surface area contributed by atoms with E-state index >= 15 is 0 Å². The van der Waals surface area contributed by atoms with Gasteiger partial charge in [0.15, 0.2) is 0 Å². The van der Waals surface area contributed by atoms with E-state index in [0.29, 0.717) is 80.6 Å². The second kappa shape index (κ2) is 35.1. The molecule has 24 nitrogen and oxygen atoms in total. The number of ether oxygens (including phenoxy) is 6. The molecule has 0 saturated heterocycles. The lowest BCUT2D eigenvalue weighted by Gasteiger charge is -2.34. The molecule has 0 spiro atoms. The Balaban J connectivity index is 0.849. The van der Waals surface area contributed by atoms with Crippen LogP contribution in [0.5, 0.6) is 34.5 Å². The highest BCUT2D eigenvalue weighted by molar-refractivity contribution is 7.80. The molecule has 0 saturated carbocycles. The average molecular weight is 1590 g/mol. The molecule has 16 rings (SSSR count). The van der Waals surface area contributed by atoms with Crippen molar-refractivity contribution in [1.29, 1.82) is 0 Å². The summed E-state index contributed by atoms with van der Waals surface area (Å²) in [6.07, 6.45) is 0.296. The van der Waals surface area contributed by atoms with Crippen LogP contribution in [-0.2, 0) is 46.5 Å². The smallest absolute Gasteiger partial charge is 0.422 e. The van der Waals surface area contributed by atoms with Gasteiger partial charge in [-0.2, -0.15) is 0 Å². The summed E-state index contributed by atoms with van der Waals surface area (Å²) in [6, 6.07) is 83.0. The zero-order valence-corrected chi connectivity index (χ0v) is 64.9. The molecule has 12 aromatic rings. The van der Waals surface area contributed by atoms with E-state index in [9.17, 15) is 0 Å². The van der Waals surface area contributed by atoms with Crippen molar-refractivity contribution < 1.29 is 73.7 Å². The lowest BCUT2D eigenvalue weighted by molar-refractivity contribution is 0.00494.